The lowest BCUT2D eigenvalue weighted by molar-refractivity contribution is 0.561. The molecule has 98 valence electrons. The van der Waals surface area contributed by atoms with Crippen LogP contribution in [-0.4, -0.2) is 9.55 Å². The molecule has 0 radical (unpaired) electrons. The first kappa shape index (κ1) is 11.8. The van der Waals surface area contributed by atoms with Gasteiger partial charge in [0.05, 0.1) is 30.1 Å². The van der Waals surface area contributed by atoms with E-state index in [4.69, 9.17) is 15.1 Å². The summed E-state index contributed by atoms with van der Waals surface area (Å²) in [5.74, 6) is 1.10. The molecular weight excluding hydrogens is 238 g/mol. The predicted molar refractivity (Wildman–Crippen MR) is 76.0 cm³/mol. The Hall–Kier alpha value is -2.23. The van der Waals surface area contributed by atoms with E-state index >= 15 is 0 Å². The summed E-state index contributed by atoms with van der Waals surface area (Å²) in [6.45, 7) is 2.95. The summed E-state index contributed by atoms with van der Waals surface area (Å²) in [6.07, 6.45) is 5.52. The quantitative estimate of drug-likeness (QED) is 0.728. The van der Waals surface area contributed by atoms with Crippen LogP contribution in [0.2, 0.25) is 0 Å². The van der Waals surface area contributed by atoms with E-state index in [9.17, 15) is 0 Å². The van der Waals surface area contributed by atoms with Crippen molar-refractivity contribution in [2.75, 3.05) is 5.73 Å². The Morgan fingerprint density at radius 1 is 1.32 bits per heavy atom. The van der Waals surface area contributed by atoms with Gasteiger partial charge in [-0.3, -0.25) is 0 Å². The van der Waals surface area contributed by atoms with Crippen molar-refractivity contribution in [3.05, 3.63) is 48.2 Å². The fraction of sp³-hybridized carbons (Fsp3) is 0.267. The monoisotopic (exact) mass is 255 g/mol. The molecule has 0 unspecified atom stereocenters. The van der Waals surface area contributed by atoms with Gasteiger partial charge < -0.3 is 14.7 Å². The van der Waals surface area contributed by atoms with E-state index in [1.807, 2.05) is 24.3 Å². The normalized spacial score (nSPS) is 11.2. The summed E-state index contributed by atoms with van der Waals surface area (Å²) < 4.78 is 7.38. The topological polar surface area (TPSA) is 57.0 Å². The molecule has 0 amide bonds. The number of aromatic nitrogens is 2. The molecule has 0 aliphatic rings. The molecule has 0 bridgehead atoms. The van der Waals surface area contributed by atoms with Crippen LogP contribution in [0.5, 0.6) is 0 Å². The van der Waals surface area contributed by atoms with Gasteiger partial charge in [-0.05, 0) is 30.7 Å². The van der Waals surface area contributed by atoms with Crippen molar-refractivity contribution in [2.24, 2.45) is 0 Å². The van der Waals surface area contributed by atoms with Crippen molar-refractivity contribution in [3.63, 3.8) is 0 Å². The van der Waals surface area contributed by atoms with Gasteiger partial charge in [0.15, 0.2) is 0 Å². The third-order valence-corrected chi connectivity index (χ3v) is 3.25. The maximum Gasteiger partial charge on any atom is 0.110 e. The van der Waals surface area contributed by atoms with Crippen molar-refractivity contribution >= 4 is 16.7 Å². The van der Waals surface area contributed by atoms with E-state index in [1.165, 1.54) is 0 Å². The Balaban J connectivity index is 2.10. The molecule has 0 aliphatic heterocycles. The maximum atomic E-state index is 5.83. The Morgan fingerprint density at radius 3 is 2.95 bits per heavy atom. The number of rotatable bonds is 4. The van der Waals surface area contributed by atoms with Crippen molar-refractivity contribution in [1.82, 2.24) is 9.55 Å². The van der Waals surface area contributed by atoms with Crippen LogP contribution in [0.3, 0.4) is 0 Å². The number of nitrogens with zero attached hydrogens (tertiary/aromatic N) is 2. The Labute approximate surface area is 111 Å². The highest BCUT2D eigenvalue weighted by Crippen LogP contribution is 2.21. The number of hydrogen-bond donors (Lipinski definition) is 1. The van der Waals surface area contributed by atoms with Crippen molar-refractivity contribution in [1.29, 1.82) is 0 Å². The second kappa shape index (κ2) is 4.80. The average molecular weight is 255 g/mol. The highest BCUT2D eigenvalue weighted by molar-refractivity contribution is 5.79. The van der Waals surface area contributed by atoms with Crippen molar-refractivity contribution in [2.45, 2.75) is 26.3 Å². The zero-order valence-electron chi connectivity index (χ0n) is 11.0. The first-order valence-corrected chi connectivity index (χ1v) is 6.53. The molecule has 0 atom stereocenters. The molecule has 2 N–H and O–H groups in total. The van der Waals surface area contributed by atoms with Crippen molar-refractivity contribution in [3.8, 4) is 0 Å². The number of fused-ring (bicyclic) bond motifs is 1. The summed E-state index contributed by atoms with van der Waals surface area (Å²) in [5, 5.41) is 0. The van der Waals surface area contributed by atoms with E-state index < -0.39 is 0 Å². The molecule has 19 heavy (non-hydrogen) atoms. The molecule has 4 nitrogen and oxygen atoms in total. The van der Waals surface area contributed by atoms with Crippen LogP contribution in [0.25, 0.3) is 11.0 Å². The molecule has 0 saturated heterocycles. The fourth-order valence-corrected chi connectivity index (χ4v) is 2.35. The van der Waals surface area contributed by atoms with Gasteiger partial charge in [0, 0.05) is 17.7 Å². The van der Waals surface area contributed by atoms with Gasteiger partial charge in [0.25, 0.3) is 0 Å². The number of imidazole rings is 1. The molecule has 0 saturated carbocycles. The van der Waals surface area contributed by atoms with Crippen molar-refractivity contribution < 1.29 is 4.42 Å². The number of hydrogen-bond acceptors (Lipinski definition) is 3. The minimum atomic E-state index is 0.753. The summed E-state index contributed by atoms with van der Waals surface area (Å²) in [7, 11) is 0. The molecule has 2 aromatic heterocycles. The molecule has 4 heteroatoms. The van der Waals surface area contributed by atoms with E-state index in [0.717, 1.165) is 47.5 Å². The van der Waals surface area contributed by atoms with Gasteiger partial charge in [-0.15, -0.1) is 0 Å². The Kier molecular flexibility index (Phi) is 2.99. The molecule has 0 spiro atoms. The second-order valence-electron chi connectivity index (χ2n) is 4.74. The van der Waals surface area contributed by atoms with Crippen LogP contribution < -0.4 is 5.73 Å². The summed E-state index contributed by atoms with van der Waals surface area (Å²) in [6, 6.07) is 7.88. The summed E-state index contributed by atoms with van der Waals surface area (Å²) in [5.41, 5.74) is 9.82. The molecule has 3 rings (SSSR count). The van der Waals surface area contributed by atoms with Gasteiger partial charge in [-0.25, -0.2) is 4.98 Å². The SMILES string of the molecule is CCCc1nc2cc(N)ccc2n1Cc1ccoc1. The average Bonchev–Trinajstić information content (AvgIpc) is 2.99. The number of nitrogen functional groups attached to an aromatic ring is 1. The number of anilines is 1. The van der Waals surface area contributed by atoms with Crippen LogP contribution in [-0.2, 0) is 13.0 Å². The molecule has 0 fully saturated rings. The largest absolute Gasteiger partial charge is 0.472 e. The van der Waals surface area contributed by atoms with Crippen LogP contribution >= 0.6 is 0 Å². The van der Waals surface area contributed by atoms with Gasteiger partial charge in [0.2, 0.25) is 0 Å². The minimum absolute atomic E-state index is 0.753. The summed E-state index contributed by atoms with van der Waals surface area (Å²) in [4.78, 5) is 4.70. The fourth-order valence-electron chi connectivity index (χ4n) is 2.35. The first-order valence-electron chi connectivity index (χ1n) is 6.53. The van der Waals surface area contributed by atoms with Crippen LogP contribution in [0.1, 0.15) is 24.7 Å². The molecule has 1 aromatic carbocycles. The number of benzene rings is 1. The van der Waals surface area contributed by atoms with E-state index in [1.54, 1.807) is 12.5 Å². The van der Waals surface area contributed by atoms with Gasteiger partial charge in [-0.2, -0.15) is 0 Å². The van der Waals surface area contributed by atoms with Gasteiger partial charge in [-0.1, -0.05) is 6.92 Å². The number of nitrogens with two attached hydrogens (primary N) is 1. The highest BCUT2D eigenvalue weighted by atomic mass is 16.3. The van der Waals surface area contributed by atoms with Gasteiger partial charge >= 0.3 is 0 Å². The predicted octanol–water partition coefficient (Wildman–Crippen LogP) is 3.21. The molecule has 3 aromatic rings. The maximum absolute atomic E-state index is 5.83. The third-order valence-electron chi connectivity index (χ3n) is 3.25. The zero-order chi connectivity index (χ0) is 13.2. The standard InChI is InChI=1S/C15H17N3O/c1-2-3-15-17-13-8-12(16)4-5-14(13)18(15)9-11-6-7-19-10-11/h4-8,10H,2-3,9,16H2,1H3. The Morgan fingerprint density at radius 2 is 2.21 bits per heavy atom. The molecular formula is C15H17N3O. The lowest BCUT2D eigenvalue weighted by Gasteiger charge is -2.07. The molecule has 0 aliphatic carbocycles. The van der Waals surface area contributed by atoms with E-state index in [-0.39, 0.29) is 0 Å². The number of aryl methyl sites for hydroxylation is 1. The van der Waals surface area contributed by atoms with E-state index in [2.05, 4.69) is 11.5 Å². The third kappa shape index (κ3) is 2.21. The van der Waals surface area contributed by atoms with Crippen LogP contribution in [0, 0.1) is 0 Å². The lowest BCUT2D eigenvalue weighted by Crippen LogP contribution is -2.04. The second-order valence-corrected chi connectivity index (χ2v) is 4.74. The molecule has 2 heterocycles. The number of furan rings is 1. The first-order chi connectivity index (χ1) is 9.28. The lowest BCUT2D eigenvalue weighted by atomic mass is 10.2. The zero-order valence-corrected chi connectivity index (χ0v) is 11.0. The van der Waals surface area contributed by atoms with E-state index in [0.29, 0.717) is 0 Å². The Bertz CT molecular complexity index is 683. The van der Waals surface area contributed by atoms with Gasteiger partial charge in [0.1, 0.15) is 5.82 Å². The smallest absolute Gasteiger partial charge is 0.110 e. The summed E-state index contributed by atoms with van der Waals surface area (Å²) >= 11 is 0. The van der Waals surface area contributed by atoms with Crippen LogP contribution in [0.4, 0.5) is 5.69 Å². The highest BCUT2D eigenvalue weighted by Gasteiger charge is 2.11. The minimum Gasteiger partial charge on any atom is -0.472 e. The van der Waals surface area contributed by atoms with Crippen LogP contribution in [0.15, 0.2) is 41.2 Å².